The molecule has 0 aliphatic carbocycles. The summed E-state index contributed by atoms with van der Waals surface area (Å²) in [6.45, 7) is 3.21. The number of rotatable bonds is 3. The number of sulfonamides is 1. The van der Waals surface area contributed by atoms with Crippen LogP contribution in [0.3, 0.4) is 0 Å². The summed E-state index contributed by atoms with van der Waals surface area (Å²) < 4.78 is 25.2. The molecule has 0 radical (unpaired) electrons. The van der Waals surface area contributed by atoms with E-state index in [2.05, 4.69) is 0 Å². The molecule has 1 aromatic carbocycles. The van der Waals surface area contributed by atoms with E-state index >= 15 is 0 Å². The van der Waals surface area contributed by atoms with E-state index in [1.54, 1.807) is 4.31 Å². The lowest BCUT2D eigenvalue weighted by Gasteiger charge is -2.24. The minimum Gasteiger partial charge on any atom is -0.338 e. The van der Waals surface area contributed by atoms with Crippen molar-refractivity contribution in [3.05, 3.63) is 35.4 Å². The highest BCUT2D eigenvalue weighted by molar-refractivity contribution is 7.88. The molecule has 0 unspecified atom stereocenters. The molecule has 0 aromatic heterocycles. The van der Waals surface area contributed by atoms with Gasteiger partial charge < -0.3 is 4.90 Å². The third kappa shape index (κ3) is 2.90. The first kappa shape index (κ1) is 15.5. The summed E-state index contributed by atoms with van der Waals surface area (Å²) in [5.41, 5.74) is 2.19. The van der Waals surface area contributed by atoms with Crippen molar-refractivity contribution >= 4 is 15.9 Å². The Morgan fingerprint density at radius 2 is 1.77 bits per heavy atom. The van der Waals surface area contributed by atoms with Gasteiger partial charge in [-0.3, -0.25) is 4.79 Å². The number of carbonyl (C=O) groups is 1. The minimum absolute atomic E-state index is 0.0306. The third-order valence-corrected chi connectivity index (χ3v) is 6.05. The van der Waals surface area contributed by atoms with Crippen molar-refractivity contribution in [2.24, 2.45) is 0 Å². The van der Waals surface area contributed by atoms with Crippen LogP contribution in [0.5, 0.6) is 0 Å². The average Bonchev–Trinajstić information content (AvgIpc) is 3.01. The zero-order chi connectivity index (χ0) is 15.9. The molecule has 3 rings (SSSR count). The second kappa shape index (κ2) is 5.66. The van der Waals surface area contributed by atoms with Gasteiger partial charge in [0, 0.05) is 25.2 Å². The lowest BCUT2D eigenvalue weighted by Crippen LogP contribution is -2.41. The molecule has 0 saturated carbocycles. The maximum atomic E-state index is 12.6. The average molecular weight is 322 g/mol. The predicted octanol–water partition coefficient (Wildman–Crippen LogP) is 1.17. The highest BCUT2D eigenvalue weighted by Crippen LogP contribution is 2.33. The second-order valence-corrected chi connectivity index (χ2v) is 8.27. The minimum atomic E-state index is -3.17. The van der Waals surface area contributed by atoms with E-state index in [4.69, 9.17) is 0 Å². The van der Waals surface area contributed by atoms with E-state index in [-0.39, 0.29) is 18.0 Å². The van der Waals surface area contributed by atoms with Crippen molar-refractivity contribution < 1.29 is 13.2 Å². The SMILES string of the molecule is Cc1ccc(CC(=O)N2CC[C@@H]3[C@@H]2CCN3S(C)(=O)=O)cc1. The first-order valence-corrected chi connectivity index (χ1v) is 9.53. The summed E-state index contributed by atoms with van der Waals surface area (Å²) in [4.78, 5) is 14.4. The molecular weight excluding hydrogens is 300 g/mol. The van der Waals surface area contributed by atoms with Crippen LogP contribution in [0.2, 0.25) is 0 Å². The van der Waals surface area contributed by atoms with Crippen molar-refractivity contribution in [2.45, 2.75) is 38.3 Å². The van der Waals surface area contributed by atoms with Crippen LogP contribution in [0.1, 0.15) is 24.0 Å². The summed E-state index contributed by atoms with van der Waals surface area (Å²) in [6.07, 6.45) is 3.14. The molecule has 120 valence electrons. The molecule has 2 aliphatic rings. The molecule has 1 aromatic rings. The van der Waals surface area contributed by atoms with Crippen LogP contribution in [0.15, 0.2) is 24.3 Å². The number of benzene rings is 1. The fourth-order valence-electron chi connectivity index (χ4n) is 3.65. The Kier molecular flexibility index (Phi) is 3.99. The van der Waals surface area contributed by atoms with Gasteiger partial charge in [0.15, 0.2) is 0 Å². The summed E-state index contributed by atoms with van der Waals surface area (Å²) in [6, 6.07) is 8.01. The second-order valence-electron chi connectivity index (χ2n) is 6.34. The summed E-state index contributed by atoms with van der Waals surface area (Å²) in [7, 11) is -3.17. The van der Waals surface area contributed by atoms with Crippen LogP contribution in [-0.4, -0.2) is 55.0 Å². The first-order chi connectivity index (χ1) is 10.4. The molecule has 2 heterocycles. The van der Waals surface area contributed by atoms with Gasteiger partial charge in [-0.1, -0.05) is 29.8 Å². The van der Waals surface area contributed by atoms with Crippen molar-refractivity contribution in [3.8, 4) is 0 Å². The van der Waals surface area contributed by atoms with Gasteiger partial charge in [-0.25, -0.2) is 8.42 Å². The van der Waals surface area contributed by atoms with Gasteiger partial charge in [-0.15, -0.1) is 0 Å². The quantitative estimate of drug-likeness (QED) is 0.839. The van der Waals surface area contributed by atoms with Crippen LogP contribution < -0.4 is 0 Å². The molecule has 1 amide bonds. The number of fused-ring (bicyclic) bond motifs is 1. The largest absolute Gasteiger partial charge is 0.338 e. The molecule has 0 N–H and O–H groups in total. The van der Waals surface area contributed by atoms with E-state index in [1.165, 1.54) is 11.8 Å². The highest BCUT2D eigenvalue weighted by Gasteiger charge is 2.47. The van der Waals surface area contributed by atoms with Gasteiger partial charge in [0.05, 0.1) is 12.7 Å². The van der Waals surface area contributed by atoms with Crippen LogP contribution in [0.25, 0.3) is 0 Å². The Hall–Kier alpha value is -1.40. The van der Waals surface area contributed by atoms with Crippen molar-refractivity contribution in [2.75, 3.05) is 19.3 Å². The van der Waals surface area contributed by atoms with Gasteiger partial charge in [0.1, 0.15) is 0 Å². The first-order valence-electron chi connectivity index (χ1n) is 7.68. The summed E-state index contributed by atoms with van der Waals surface area (Å²) in [5, 5.41) is 0. The number of hydrogen-bond acceptors (Lipinski definition) is 3. The predicted molar refractivity (Wildman–Crippen MR) is 85.0 cm³/mol. The van der Waals surface area contributed by atoms with Gasteiger partial charge >= 0.3 is 0 Å². The standard InChI is InChI=1S/C16H22N2O3S/c1-12-3-5-13(6-4-12)11-16(19)17-9-7-15-14(17)8-10-18(15)22(2,20)21/h3-6,14-15H,7-11H2,1-2H3/t14-,15+/m0/s1. The van der Waals surface area contributed by atoms with E-state index in [0.29, 0.717) is 19.5 Å². The fraction of sp³-hybridized carbons (Fsp3) is 0.562. The highest BCUT2D eigenvalue weighted by atomic mass is 32.2. The lowest BCUT2D eigenvalue weighted by molar-refractivity contribution is -0.131. The Balaban J connectivity index is 1.69. The van der Waals surface area contributed by atoms with Gasteiger partial charge in [0.2, 0.25) is 15.9 Å². The summed E-state index contributed by atoms with van der Waals surface area (Å²) >= 11 is 0. The molecule has 0 bridgehead atoms. The van der Waals surface area contributed by atoms with Gasteiger partial charge in [-0.2, -0.15) is 4.31 Å². The van der Waals surface area contributed by atoms with Crippen molar-refractivity contribution in [1.82, 2.24) is 9.21 Å². The van der Waals surface area contributed by atoms with Crippen LogP contribution in [0.4, 0.5) is 0 Å². The Labute approximate surface area is 132 Å². The fourth-order valence-corrected chi connectivity index (χ4v) is 4.83. The van der Waals surface area contributed by atoms with Gasteiger partial charge in [-0.05, 0) is 25.3 Å². The van der Waals surface area contributed by atoms with Crippen LogP contribution >= 0.6 is 0 Å². The molecule has 5 nitrogen and oxygen atoms in total. The number of aryl methyl sites for hydroxylation is 1. The van der Waals surface area contributed by atoms with E-state index < -0.39 is 10.0 Å². The van der Waals surface area contributed by atoms with Crippen molar-refractivity contribution in [1.29, 1.82) is 0 Å². The number of likely N-dealkylation sites (tertiary alicyclic amines) is 1. The topological polar surface area (TPSA) is 57.7 Å². The number of carbonyl (C=O) groups excluding carboxylic acids is 1. The Morgan fingerprint density at radius 1 is 1.14 bits per heavy atom. The maximum Gasteiger partial charge on any atom is 0.227 e. The molecular formula is C16H22N2O3S. The zero-order valence-corrected chi connectivity index (χ0v) is 13.8. The molecule has 2 aliphatic heterocycles. The smallest absolute Gasteiger partial charge is 0.227 e. The molecule has 2 saturated heterocycles. The maximum absolute atomic E-state index is 12.6. The Bertz CT molecular complexity index is 669. The normalized spacial score (nSPS) is 25.5. The van der Waals surface area contributed by atoms with E-state index in [9.17, 15) is 13.2 Å². The lowest BCUT2D eigenvalue weighted by atomic mass is 10.1. The molecule has 2 fully saturated rings. The Morgan fingerprint density at radius 3 is 2.41 bits per heavy atom. The monoisotopic (exact) mass is 322 g/mol. The number of hydrogen-bond donors (Lipinski definition) is 0. The number of amides is 1. The number of nitrogens with zero attached hydrogens (tertiary/aromatic N) is 2. The van der Waals surface area contributed by atoms with E-state index in [1.807, 2.05) is 36.1 Å². The zero-order valence-electron chi connectivity index (χ0n) is 13.0. The molecule has 6 heteroatoms. The third-order valence-electron chi connectivity index (χ3n) is 4.75. The molecule has 2 atom stereocenters. The molecule has 22 heavy (non-hydrogen) atoms. The van der Waals surface area contributed by atoms with Crippen LogP contribution in [-0.2, 0) is 21.2 Å². The van der Waals surface area contributed by atoms with Crippen molar-refractivity contribution in [3.63, 3.8) is 0 Å². The van der Waals surface area contributed by atoms with E-state index in [0.717, 1.165) is 18.4 Å². The molecule has 0 spiro atoms. The summed E-state index contributed by atoms with van der Waals surface area (Å²) in [5.74, 6) is 0.103. The van der Waals surface area contributed by atoms with Gasteiger partial charge in [0.25, 0.3) is 0 Å². The van der Waals surface area contributed by atoms with Crippen LogP contribution in [0, 0.1) is 6.92 Å².